The van der Waals surface area contributed by atoms with Gasteiger partial charge in [-0.15, -0.1) is 0 Å². The molecule has 3 rings (SSSR count). The van der Waals surface area contributed by atoms with E-state index in [2.05, 4.69) is 22.5 Å². The molecule has 2 aromatic heterocycles. The first kappa shape index (κ1) is 15.5. The Morgan fingerprint density at radius 2 is 2.13 bits per heavy atom. The van der Waals surface area contributed by atoms with Gasteiger partial charge in [-0.3, -0.25) is 5.10 Å². The number of nitrogens with one attached hydrogen (secondary N) is 2. The monoisotopic (exact) mass is 332 g/mol. The van der Waals surface area contributed by atoms with Gasteiger partial charge in [0.05, 0.1) is 12.1 Å². The molecule has 2 heterocycles. The van der Waals surface area contributed by atoms with Crippen LogP contribution >= 0.6 is 12.2 Å². The summed E-state index contributed by atoms with van der Waals surface area (Å²) in [7, 11) is 0. The van der Waals surface area contributed by atoms with E-state index in [9.17, 15) is 4.39 Å². The molecule has 0 aliphatic rings. The highest BCUT2D eigenvalue weighted by molar-refractivity contribution is 7.71. The smallest absolute Gasteiger partial charge is 0.214 e. The van der Waals surface area contributed by atoms with Crippen LogP contribution in [0.5, 0.6) is 0 Å². The second-order valence-electron chi connectivity index (χ2n) is 5.11. The van der Waals surface area contributed by atoms with Gasteiger partial charge in [-0.05, 0) is 42.9 Å². The molecule has 7 heteroatoms. The highest BCUT2D eigenvalue weighted by Gasteiger charge is 2.10. The molecule has 2 N–H and O–H groups in total. The zero-order chi connectivity index (χ0) is 16.2. The van der Waals surface area contributed by atoms with Gasteiger partial charge in [-0.1, -0.05) is 19.1 Å². The van der Waals surface area contributed by atoms with Crippen molar-refractivity contribution in [3.05, 3.63) is 58.6 Å². The van der Waals surface area contributed by atoms with E-state index in [4.69, 9.17) is 16.6 Å². The van der Waals surface area contributed by atoms with Crippen LogP contribution in [0, 0.1) is 10.6 Å². The standard InChI is InChI=1S/C16H17FN4OS/c1-2-5-15-19-20-16(23)21(15)18-10-11-8-9-14(22-11)12-6-3-4-7-13(12)17/h3-4,6-9,18H,2,5,10H2,1H3,(H,20,23). The maximum Gasteiger partial charge on any atom is 0.214 e. The number of hydrogen-bond donors (Lipinski definition) is 2. The van der Waals surface area contributed by atoms with Crippen molar-refractivity contribution in [2.24, 2.45) is 0 Å². The molecule has 0 saturated heterocycles. The third-order valence-electron chi connectivity index (χ3n) is 3.43. The maximum atomic E-state index is 13.8. The second kappa shape index (κ2) is 6.78. The van der Waals surface area contributed by atoms with E-state index in [1.807, 2.05) is 6.07 Å². The molecule has 0 atom stereocenters. The predicted molar refractivity (Wildman–Crippen MR) is 88.6 cm³/mol. The van der Waals surface area contributed by atoms with Crippen molar-refractivity contribution in [2.75, 3.05) is 5.43 Å². The number of aryl methyl sites for hydroxylation is 1. The van der Waals surface area contributed by atoms with Crippen LogP contribution in [0.1, 0.15) is 24.9 Å². The molecule has 3 aromatic rings. The van der Waals surface area contributed by atoms with E-state index >= 15 is 0 Å². The number of rotatable bonds is 6. The van der Waals surface area contributed by atoms with Crippen molar-refractivity contribution in [1.29, 1.82) is 0 Å². The number of nitrogens with zero attached hydrogens (tertiary/aromatic N) is 2. The van der Waals surface area contributed by atoms with Crippen LogP contribution in [0.25, 0.3) is 11.3 Å². The maximum absolute atomic E-state index is 13.8. The van der Waals surface area contributed by atoms with Crippen molar-refractivity contribution in [3.63, 3.8) is 0 Å². The molecule has 0 spiro atoms. The minimum Gasteiger partial charge on any atom is -0.459 e. The van der Waals surface area contributed by atoms with Crippen LogP contribution in [0.3, 0.4) is 0 Å². The summed E-state index contributed by atoms with van der Waals surface area (Å²) in [6.07, 6.45) is 1.79. The highest BCUT2D eigenvalue weighted by Crippen LogP contribution is 2.24. The molecule has 0 fully saturated rings. The average molecular weight is 332 g/mol. The molecular formula is C16H17FN4OS. The molecule has 0 saturated carbocycles. The Morgan fingerprint density at radius 1 is 1.30 bits per heavy atom. The fourth-order valence-corrected chi connectivity index (χ4v) is 2.54. The zero-order valence-electron chi connectivity index (χ0n) is 12.7. The largest absolute Gasteiger partial charge is 0.459 e. The molecule has 23 heavy (non-hydrogen) atoms. The van der Waals surface area contributed by atoms with Crippen LogP contribution in [0.4, 0.5) is 4.39 Å². The summed E-state index contributed by atoms with van der Waals surface area (Å²) < 4.78 is 21.7. The quantitative estimate of drug-likeness (QED) is 0.669. The van der Waals surface area contributed by atoms with E-state index in [0.717, 1.165) is 18.7 Å². The van der Waals surface area contributed by atoms with Crippen molar-refractivity contribution in [1.82, 2.24) is 14.9 Å². The van der Waals surface area contributed by atoms with Gasteiger partial charge in [0.2, 0.25) is 4.77 Å². The Kier molecular flexibility index (Phi) is 4.57. The lowest BCUT2D eigenvalue weighted by Gasteiger charge is -2.08. The third-order valence-corrected chi connectivity index (χ3v) is 3.70. The number of H-pyrrole nitrogens is 1. The Labute approximate surface area is 138 Å². The highest BCUT2D eigenvalue weighted by atomic mass is 32.1. The predicted octanol–water partition coefficient (Wildman–Crippen LogP) is 4.04. The Hall–Kier alpha value is -2.41. The fraction of sp³-hybridized carbons (Fsp3) is 0.250. The first-order valence-electron chi connectivity index (χ1n) is 7.43. The van der Waals surface area contributed by atoms with Crippen molar-refractivity contribution in [3.8, 4) is 11.3 Å². The van der Waals surface area contributed by atoms with E-state index in [-0.39, 0.29) is 5.82 Å². The number of aromatic nitrogens is 3. The summed E-state index contributed by atoms with van der Waals surface area (Å²) in [6, 6.07) is 10.1. The Balaban J connectivity index is 1.74. The summed E-state index contributed by atoms with van der Waals surface area (Å²) in [5.74, 6) is 1.74. The minimum atomic E-state index is -0.302. The van der Waals surface area contributed by atoms with Crippen molar-refractivity contribution < 1.29 is 8.81 Å². The SMILES string of the molecule is CCCc1n[nH]c(=S)n1NCc1ccc(-c2ccccc2F)o1. The lowest BCUT2D eigenvalue weighted by Crippen LogP contribution is -2.17. The number of furan rings is 1. The Bertz CT molecular complexity index is 852. The summed E-state index contributed by atoms with van der Waals surface area (Å²) in [4.78, 5) is 0. The van der Waals surface area contributed by atoms with Gasteiger partial charge < -0.3 is 9.84 Å². The van der Waals surface area contributed by atoms with E-state index < -0.39 is 0 Å². The first-order chi connectivity index (χ1) is 11.2. The van der Waals surface area contributed by atoms with Crippen molar-refractivity contribution >= 4 is 12.2 Å². The van der Waals surface area contributed by atoms with Crippen LogP contribution < -0.4 is 5.43 Å². The van der Waals surface area contributed by atoms with Crippen LogP contribution in [0.2, 0.25) is 0 Å². The van der Waals surface area contributed by atoms with Gasteiger partial charge in [-0.2, -0.15) is 5.10 Å². The molecule has 5 nitrogen and oxygen atoms in total. The van der Waals surface area contributed by atoms with Gasteiger partial charge in [0, 0.05) is 6.42 Å². The normalized spacial score (nSPS) is 10.9. The summed E-state index contributed by atoms with van der Waals surface area (Å²) in [5.41, 5.74) is 3.62. The molecule has 0 aliphatic heterocycles. The molecule has 0 amide bonds. The third kappa shape index (κ3) is 3.34. The molecule has 0 unspecified atom stereocenters. The zero-order valence-corrected chi connectivity index (χ0v) is 13.5. The van der Waals surface area contributed by atoms with Crippen LogP contribution in [0.15, 0.2) is 40.8 Å². The minimum absolute atomic E-state index is 0.302. The Morgan fingerprint density at radius 3 is 2.91 bits per heavy atom. The van der Waals surface area contributed by atoms with Gasteiger partial charge in [-0.25, -0.2) is 9.07 Å². The lowest BCUT2D eigenvalue weighted by molar-refractivity contribution is 0.516. The van der Waals surface area contributed by atoms with Crippen LogP contribution in [-0.2, 0) is 13.0 Å². The number of halogens is 1. The van der Waals surface area contributed by atoms with E-state index in [1.165, 1.54) is 6.07 Å². The van der Waals surface area contributed by atoms with E-state index in [0.29, 0.717) is 28.4 Å². The molecule has 1 aromatic carbocycles. The van der Waals surface area contributed by atoms with Gasteiger partial charge >= 0.3 is 0 Å². The number of hydrogen-bond acceptors (Lipinski definition) is 4. The van der Waals surface area contributed by atoms with E-state index in [1.54, 1.807) is 28.9 Å². The summed E-state index contributed by atoms with van der Waals surface area (Å²) >= 11 is 5.20. The molecule has 120 valence electrons. The topological polar surface area (TPSA) is 58.8 Å². The number of benzene rings is 1. The average Bonchev–Trinajstić information content (AvgIpc) is 3.14. The van der Waals surface area contributed by atoms with Gasteiger partial charge in [0.25, 0.3) is 0 Å². The van der Waals surface area contributed by atoms with Gasteiger partial charge in [0.1, 0.15) is 17.3 Å². The molecule has 0 bridgehead atoms. The lowest BCUT2D eigenvalue weighted by atomic mass is 10.1. The molecular weight excluding hydrogens is 315 g/mol. The number of aromatic amines is 1. The molecule has 0 aliphatic carbocycles. The van der Waals surface area contributed by atoms with Gasteiger partial charge in [0.15, 0.2) is 5.82 Å². The summed E-state index contributed by atoms with van der Waals surface area (Å²) in [6.45, 7) is 2.51. The molecule has 0 radical (unpaired) electrons. The fourth-order valence-electron chi connectivity index (χ4n) is 2.32. The second-order valence-corrected chi connectivity index (χ2v) is 5.50. The van der Waals surface area contributed by atoms with Crippen molar-refractivity contribution in [2.45, 2.75) is 26.3 Å². The van der Waals surface area contributed by atoms with Crippen LogP contribution in [-0.4, -0.2) is 14.9 Å². The summed E-state index contributed by atoms with van der Waals surface area (Å²) in [5, 5.41) is 6.96. The first-order valence-corrected chi connectivity index (χ1v) is 7.83.